The van der Waals surface area contributed by atoms with Crippen molar-refractivity contribution < 1.29 is 13.6 Å². The fourth-order valence-electron chi connectivity index (χ4n) is 2.97. The Balaban J connectivity index is 1.61. The van der Waals surface area contributed by atoms with Crippen LogP contribution in [0.15, 0.2) is 78.0 Å². The molecule has 0 unspecified atom stereocenters. The van der Waals surface area contributed by atoms with E-state index in [0.717, 1.165) is 17.3 Å². The van der Waals surface area contributed by atoms with Crippen LogP contribution < -0.4 is 5.32 Å². The van der Waals surface area contributed by atoms with E-state index in [2.05, 4.69) is 15.5 Å². The lowest BCUT2D eigenvalue weighted by Gasteiger charge is -2.11. The van der Waals surface area contributed by atoms with Crippen LogP contribution in [0.1, 0.15) is 5.56 Å². The lowest BCUT2D eigenvalue weighted by Crippen LogP contribution is -2.14. The van der Waals surface area contributed by atoms with Crippen LogP contribution in [-0.2, 0) is 4.79 Å². The third-order valence-electron chi connectivity index (χ3n) is 4.50. The number of hydrogen-bond acceptors (Lipinski definition) is 4. The van der Waals surface area contributed by atoms with E-state index < -0.39 is 11.6 Å². The summed E-state index contributed by atoms with van der Waals surface area (Å²) in [6.07, 6.45) is 0. The van der Waals surface area contributed by atoms with Crippen molar-refractivity contribution in [1.29, 1.82) is 0 Å². The van der Waals surface area contributed by atoms with Crippen LogP contribution in [-0.4, -0.2) is 26.4 Å². The molecule has 156 valence electrons. The van der Waals surface area contributed by atoms with Gasteiger partial charge in [-0.2, -0.15) is 0 Å². The number of aromatic nitrogens is 3. The van der Waals surface area contributed by atoms with E-state index in [1.165, 1.54) is 18.2 Å². The first kappa shape index (κ1) is 20.7. The Hall–Kier alpha value is -3.52. The van der Waals surface area contributed by atoms with E-state index in [-0.39, 0.29) is 23.0 Å². The largest absolute Gasteiger partial charge is 0.325 e. The third-order valence-corrected chi connectivity index (χ3v) is 5.43. The van der Waals surface area contributed by atoms with Gasteiger partial charge in [-0.25, -0.2) is 8.78 Å². The highest BCUT2D eigenvalue weighted by Crippen LogP contribution is 2.29. The zero-order valence-corrected chi connectivity index (χ0v) is 17.4. The summed E-state index contributed by atoms with van der Waals surface area (Å²) in [7, 11) is 0. The van der Waals surface area contributed by atoms with Gasteiger partial charge in [-0.3, -0.25) is 9.36 Å². The van der Waals surface area contributed by atoms with Crippen molar-refractivity contribution in [2.24, 2.45) is 0 Å². The van der Waals surface area contributed by atoms with Gasteiger partial charge >= 0.3 is 0 Å². The molecule has 0 saturated carbocycles. The Labute approximate surface area is 182 Å². The van der Waals surface area contributed by atoms with E-state index in [9.17, 15) is 13.6 Å². The fraction of sp³-hybridized carbons (Fsp3) is 0.0870. The molecule has 0 atom stereocenters. The van der Waals surface area contributed by atoms with Crippen molar-refractivity contribution in [2.45, 2.75) is 12.1 Å². The molecule has 1 amide bonds. The second-order valence-corrected chi connectivity index (χ2v) is 7.74. The molecule has 0 bridgehead atoms. The summed E-state index contributed by atoms with van der Waals surface area (Å²) < 4.78 is 29.5. The second kappa shape index (κ2) is 9.09. The summed E-state index contributed by atoms with van der Waals surface area (Å²) in [5, 5.41) is 11.5. The van der Waals surface area contributed by atoms with Crippen molar-refractivity contribution in [3.8, 4) is 17.1 Å². The van der Waals surface area contributed by atoms with Crippen molar-refractivity contribution in [3.05, 3.63) is 90.0 Å². The fourth-order valence-corrected chi connectivity index (χ4v) is 3.72. The summed E-state index contributed by atoms with van der Waals surface area (Å²) in [6.45, 7) is 1.97. The van der Waals surface area contributed by atoms with Crippen molar-refractivity contribution >= 4 is 23.4 Å². The number of aryl methyl sites for hydroxylation is 1. The first-order chi connectivity index (χ1) is 15.0. The minimum Gasteiger partial charge on any atom is -0.325 e. The minimum atomic E-state index is -0.452. The lowest BCUT2D eigenvalue weighted by atomic mass is 10.2. The van der Waals surface area contributed by atoms with Crippen LogP contribution in [0.25, 0.3) is 17.1 Å². The zero-order chi connectivity index (χ0) is 21.8. The Morgan fingerprint density at radius 2 is 1.68 bits per heavy atom. The average Bonchev–Trinajstić information content (AvgIpc) is 3.18. The molecule has 0 aliphatic rings. The van der Waals surface area contributed by atoms with Gasteiger partial charge in [0.15, 0.2) is 11.0 Å². The summed E-state index contributed by atoms with van der Waals surface area (Å²) >= 11 is 1.16. The third kappa shape index (κ3) is 4.80. The molecule has 1 heterocycles. The highest BCUT2D eigenvalue weighted by atomic mass is 32.2. The molecule has 0 saturated heterocycles. The average molecular weight is 436 g/mol. The Bertz CT molecular complexity index is 1210. The molecule has 8 heteroatoms. The van der Waals surface area contributed by atoms with Crippen molar-refractivity contribution in [1.82, 2.24) is 14.8 Å². The number of anilines is 1. The van der Waals surface area contributed by atoms with Crippen molar-refractivity contribution in [3.63, 3.8) is 0 Å². The number of thioether (sulfide) groups is 1. The molecule has 0 spiro atoms. The van der Waals surface area contributed by atoms with Gasteiger partial charge in [-0.15, -0.1) is 10.2 Å². The highest BCUT2D eigenvalue weighted by Gasteiger charge is 2.19. The van der Waals surface area contributed by atoms with Crippen molar-refractivity contribution in [2.75, 3.05) is 11.1 Å². The maximum atomic E-state index is 14.4. The van der Waals surface area contributed by atoms with Gasteiger partial charge in [0.2, 0.25) is 5.91 Å². The number of carbonyl (C=O) groups excluding carboxylic acids is 1. The predicted octanol–water partition coefficient (Wildman–Crippen LogP) is 5.25. The zero-order valence-electron chi connectivity index (χ0n) is 16.5. The van der Waals surface area contributed by atoms with Crippen LogP contribution in [0, 0.1) is 18.6 Å². The van der Waals surface area contributed by atoms with Gasteiger partial charge in [-0.1, -0.05) is 41.6 Å². The number of halogens is 2. The maximum Gasteiger partial charge on any atom is 0.234 e. The topological polar surface area (TPSA) is 59.8 Å². The molecule has 0 fully saturated rings. The smallest absolute Gasteiger partial charge is 0.234 e. The van der Waals surface area contributed by atoms with E-state index in [1.54, 1.807) is 34.9 Å². The number of nitrogens with zero attached hydrogens (tertiary/aromatic N) is 3. The molecule has 4 aromatic rings. The number of carbonyl (C=O) groups is 1. The molecule has 0 aliphatic carbocycles. The van der Waals surface area contributed by atoms with Gasteiger partial charge in [0, 0.05) is 11.4 Å². The predicted molar refractivity (Wildman–Crippen MR) is 117 cm³/mol. The van der Waals surface area contributed by atoms with Gasteiger partial charge in [0.1, 0.15) is 11.6 Å². The number of rotatable bonds is 6. The van der Waals surface area contributed by atoms with Gasteiger partial charge in [-0.05, 0) is 55.5 Å². The van der Waals surface area contributed by atoms with E-state index in [1.807, 2.05) is 31.2 Å². The van der Waals surface area contributed by atoms with Gasteiger partial charge < -0.3 is 5.32 Å². The monoisotopic (exact) mass is 436 g/mol. The molecule has 0 radical (unpaired) electrons. The number of nitrogens with one attached hydrogen (secondary N) is 1. The standard InChI is InChI=1S/C23H18F2N4OS/c1-15-6-10-17(11-7-15)26-21(30)14-31-23-28-27-22(19-4-2-3-5-20(19)25)29(23)18-12-8-16(24)9-13-18/h2-13H,14H2,1H3,(H,26,30). The molecular weight excluding hydrogens is 418 g/mol. The highest BCUT2D eigenvalue weighted by molar-refractivity contribution is 7.99. The first-order valence-corrected chi connectivity index (χ1v) is 10.5. The Morgan fingerprint density at radius 3 is 2.39 bits per heavy atom. The van der Waals surface area contributed by atoms with E-state index >= 15 is 0 Å². The number of benzene rings is 3. The van der Waals surface area contributed by atoms with Gasteiger partial charge in [0.05, 0.1) is 11.3 Å². The summed E-state index contributed by atoms with van der Waals surface area (Å²) in [5.74, 6) is -0.714. The summed E-state index contributed by atoms with van der Waals surface area (Å²) in [5.41, 5.74) is 2.62. The number of hydrogen-bond donors (Lipinski definition) is 1. The van der Waals surface area contributed by atoms with Crippen LogP contribution in [0.3, 0.4) is 0 Å². The van der Waals surface area contributed by atoms with E-state index in [0.29, 0.717) is 16.5 Å². The van der Waals surface area contributed by atoms with Gasteiger partial charge in [0.25, 0.3) is 0 Å². The maximum absolute atomic E-state index is 14.4. The quantitative estimate of drug-likeness (QED) is 0.419. The molecule has 3 aromatic carbocycles. The normalized spacial score (nSPS) is 10.8. The van der Waals surface area contributed by atoms with Crippen LogP contribution in [0.4, 0.5) is 14.5 Å². The van der Waals surface area contributed by atoms with Crippen LogP contribution in [0.5, 0.6) is 0 Å². The van der Waals surface area contributed by atoms with E-state index in [4.69, 9.17) is 0 Å². The summed E-state index contributed by atoms with van der Waals surface area (Å²) in [4.78, 5) is 12.4. The number of amides is 1. The second-order valence-electron chi connectivity index (χ2n) is 6.80. The molecular formula is C23H18F2N4OS. The molecule has 31 heavy (non-hydrogen) atoms. The molecule has 1 aromatic heterocycles. The molecule has 4 rings (SSSR count). The SMILES string of the molecule is Cc1ccc(NC(=O)CSc2nnc(-c3ccccc3F)n2-c2ccc(F)cc2)cc1. The first-order valence-electron chi connectivity index (χ1n) is 9.47. The Morgan fingerprint density at radius 1 is 0.968 bits per heavy atom. The minimum absolute atomic E-state index is 0.0739. The molecule has 5 nitrogen and oxygen atoms in total. The summed E-state index contributed by atoms with van der Waals surface area (Å²) in [6, 6.07) is 19.4. The van der Waals surface area contributed by atoms with Crippen LogP contribution >= 0.6 is 11.8 Å². The van der Waals surface area contributed by atoms with Crippen LogP contribution in [0.2, 0.25) is 0 Å². The lowest BCUT2D eigenvalue weighted by molar-refractivity contribution is -0.113. The molecule has 1 N–H and O–H groups in total. The Kier molecular flexibility index (Phi) is 6.08. The molecule has 0 aliphatic heterocycles.